The van der Waals surface area contributed by atoms with Crippen LogP contribution in [0, 0.1) is 5.92 Å². The summed E-state index contributed by atoms with van der Waals surface area (Å²) >= 11 is 0. The standard InChI is InChI=1S/C38H53.Hf/c1-21(2)27-13-15-29(23(5)6)37-31(33(25(9)10)19-35(27)37)17-18-32-34(26(11)12)20-36-28(22(3)4)14-16-30(24(7)8)38(32)36;/h13-16,19-26,31H,17-18H2,1-12H3;/q-1;. The van der Waals surface area contributed by atoms with Gasteiger partial charge in [-0.2, -0.15) is 6.07 Å². The monoisotopic (exact) mass is 689 g/mol. The van der Waals surface area contributed by atoms with E-state index in [0.717, 1.165) is 6.42 Å². The van der Waals surface area contributed by atoms with E-state index in [-0.39, 0.29) is 25.8 Å². The van der Waals surface area contributed by atoms with Crippen LogP contribution in [0.5, 0.6) is 0 Å². The molecule has 0 saturated carbocycles. The van der Waals surface area contributed by atoms with Crippen LogP contribution in [0.2, 0.25) is 0 Å². The van der Waals surface area contributed by atoms with E-state index in [9.17, 15) is 0 Å². The molecule has 0 nitrogen and oxygen atoms in total. The van der Waals surface area contributed by atoms with Gasteiger partial charge in [0.25, 0.3) is 0 Å². The van der Waals surface area contributed by atoms with Crippen molar-refractivity contribution in [2.45, 2.75) is 131 Å². The maximum absolute atomic E-state index is 2.59. The zero-order chi connectivity index (χ0) is 28.0. The van der Waals surface area contributed by atoms with Crippen molar-refractivity contribution in [1.82, 2.24) is 0 Å². The topological polar surface area (TPSA) is 0 Å². The number of hydrogen-bond donors (Lipinski definition) is 0. The molecule has 210 valence electrons. The second kappa shape index (κ2) is 12.7. The van der Waals surface area contributed by atoms with Crippen LogP contribution < -0.4 is 0 Å². The predicted octanol–water partition coefficient (Wildman–Crippen LogP) is 11.9. The Morgan fingerprint density at radius 1 is 0.615 bits per heavy atom. The van der Waals surface area contributed by atoms with E-state index in [4.69, 9.17) is 0 Å². The fourth-order valence-electron chi connectivity index (χ4n) is 7.13. The summed E-state index contributed by atoms with van der Waals surface area (Å²) < 4.78 is 0. The molecule has 0 spiro atoms. The van der Waals surface area contributed by atoms with Gasteiger partial charge in [0.05, 0.1) is 0 Å². The van der Waals surface area contributed by atoms with E-state index in [1.807, 2.05) is 0 Å². The molecule has 0 bridgehead atoms. The van der Waals surface area contributed by atoms with Crippen LogP contribution in [-0.4, -0.2) is 0 Å². The van der Waals surface area contributed by atoms with Gasteiger partial charge in [0.15, 0.2) is 0 Å². The third-order valence-corrected chi connectivity index (χ3v) is 9.14. The van der Waals surface area contributed by atoms with Gasteiger partial charge in [0, 0.05) is 31.8 Å². The number of hydrogen-bond acceptors (Lipinski definition) is 0. The van der Waals surface area contributed by atoms with Crippen molar-refractivity contribution in [3.63, 3.8) is 0 Å². The molecule has 1 unspecified atom stereocenters. The van der Waals surface area contributed by atoms with E-state index in [2.05, 4.69) is 119 Å². The number of rotatable bonds is 9. The molecular formula is C38H53Hf-. The maximum Gasteiger partial charge on any atom is 0.00586 e. The summed E-state index contributed by atoms with van der Waals surface area (Å²) in [5.41, 5.74) is 14.2. The van der Waals surface area contributed by atoms with E-state index >= 15 is 0 Å². The summed E-state index contributed by atoms with van der Waals surface area (Å²) in [4.78, 5) is 0. The Kier molecular flexibility index (Phi) is 10.5. The molecule has 1 aliphatic rings. The molecule has 39 heavy (non-hydrogen) atoms. The fraction of sp³-hybridized carbons (Fsp3) is 0.553. The van der Waals surface area contributed by atoms with Gasteiger partial charge in [-0.15, -0.1) is 33.5 Å². The molecule has 1 heteroatoms. The van der Waals surface area contributed by atoms with Crippen LogP contribution in [0.3, 0.4) is 0 Å². The molecule has 4 rings (SSSR count). The van der Waals surface area contributed by atoms with Crippen LogP contribution in [-0.2, 0) is 32.3 Å². The first-order chi connectivity index (χ1) is 17.8. The summed E-state index contributed by atoms with van der Waals surface area (Å²) in [6, 6.07) is 12.3. The van der Waals surface area contributed by atoms with Crippen LogP contribution in [0.25, 0.3) is 16.8 Å². The summed E-state index contributed by atoms with van der Waals surface area (Å²) in [6.07, 6.45) is 4.94. The third-order valence-electron chi connectivity index (χ3n) is 9.14. The normalized spacial score (nSPS) is 15.4. The largest absolute Gasteiger partial charge is 0.164 e. The smallest absolute Gasteiger partial charge is 0.00586 e. The molecule has 0 aromatic heterocycles. The molecule has 0 heterocycles. The van der Waals surface area contributed by atoms with Crippen molar-refractivity contribution >= 4 is 16.8 Å². The first kappa shape index (κ1) is 32.2. The minimum Gasteiger partial charge on any atom is -0.164 e. The van der Waals surface area contributed by atoms with Crippen LogP contribution in [0.15, 0.2) is 35.9 Å². The Hall–Kier alpha value is -1.34. The molecule has 0 saturated heterocycles. The Balaban J connectivity index is 0.00000420. The van der Waals surface area contributed by atoms with Crippen molar-refractivity contribution in [3.8, 4) is 0 Å². The van der Waals surface area contributed by atoms with Gasteiger partial charge in [-0.25, -0.2) is 0 Å². The molecule has 0 amide bonds. The van der Waals surface area contributed by atoms with Crippen molar-refractivity contribution in [2.24, 2.45) is 5.92 Å². The van der Waals surface area contributed by atoms with E-state index in [0.29, 0.717) is 41.4 Å². The first-order valence-electron chi connectivity index (χ1n) is 15.5. The zero-order valence-corrected chi connectivity index (χ0v) is 30.5. The van der Waals surface area contributed by atoms with Gasteiger partial charge in [0.2, 0.25) is 0 Å². The number of aryl methyl sites for hydroxylation is 1. The molecule has 1 aliphatic carbocycles. The van der Waals surface area contributed by atoms with Gasteiger partial charge in [0.1, 0.15) is 0 Å². The summed E-state index contributed by atoms with van der Waals surface area (Å²) in [6.45, 7) is 28.5. The van der Waals surface area contributed by atoms with Crippen LogP contribution >= 0.6 is 0 Å². The Bertz CT molecular complexity index is 1320. The average Bonchev–Trinajstić information content (AvgIpc) is 3.40. The molecule has 3 aromatic carbocycles. The Morgan fingerprint density at radius 2 is 1.13 bits per heavy atom. The second-order valence-corrected chi connectivity index (χ2v) is 13.8. The molecule has 0 aliphatic heterocycles. The molecule has 3 aromatic rings. The fourth-order valence-corrected chi connectivity index (χ4v) is 7.13. The number of fused-ring (bicyclic) bond motifs is 2. The van der Waals surface area contributed by atoms with Crippen LogP contribution in [0.4, 0.5) is 0 Å². The Labute approximate surface area is 259 Å². The van der Waals surface area contributed by atoms with E-state index < -0.39 is 0 Å². The van der Waals surface area contributed by atoms with Crippen molar-refractivity contribution < 1.29 is 25.8 Å². The summed E-state index contributed by atoms with van der Waals surface area (Å²) in [5, 5.41) is 3.09. The molecule has 0 fully saturated rings. The molecule has 1 atom stereocenters. The van der Waals surface area contributed by atoms with Crippen LogP contribution in [0.1, 0.15) is 170 Å². The minimum atomic E-state index is 0. The minimum absolute atomic E-state index is 0. The van der Waals surface area contributed by atoms with Crippen molar-refractivity contribution in [1.29, 1.82) is 0 Å². The van der Waals surface area contributed by atoms with Gasteiger partial charge in [-0.3, -0.25) is 0 Å². The third kappa shape index (κ3) is 6.00. The second-order valence-electron chi connectivity index (χ2n) is 13.8. The molecular weight excluding hydrogens is 635 g/mol. The molecule has 0 radical (unpaired) electrons. The first-order valence-corrected chi connectivity index (χ1v) is 15.5. The Morgan fingerprint density at radius 3 is 1.64 bits per heavy atom. The van der Waals surface area contributed by atoms with Gasteiger partial charge < -0.3 is 0 Å². The van der Waals surface area contributed by atoms with Crippen molar-refractivity contribution in [2.75, 3.05) is 0 Å². The SMILES string of the molecule is CC(C)C1=Cc2c(C(C)C)ccc(C(C)C)c2C1CC[c-]1c(C(C)C)cc2c(C(C)C)ccc(C(C)C)c21.[Hf]. The zero-order valence-electron chi connectivity index (χ0n) is 26.9. The van der Waals surface area contributed by atoms with Gasteiger partial charge >= 0.3 is 0 Å². The average molecular weight is 688 g/mol. The van der Waals surface area contributed by atoms with E-state index in [1.165, 1.54) is 28.5 Å². The van der Waals surface area contributed by atoms with E-state index in [1.54, 1.807) is 38.8 Å². The quantitative estimate of drug-likeness (QED) is 0.155. The molecule has 0 N–H and O–H groups in total. The predicted molar refractivity (Wildman–Crippen MR) is 170 cm³/mol. The number of allylic oxidation sites excluding steroid dienone is 1. The summed E-state index contributed by atoms with van der Waals surface area (Å²) in [7, 11) is 0. The number of benzene rings is 2. The summed E-state index contributed by atoms with van der Waals surface area (Å²) in [5.74, 6) is 3.76. The van der Waals surface area contributed by atoms with Gasteiger partial charge in [-0.1, -0.05) is 131 Å². The van der Waals surface area contributed by atoms with Crippen molar-refractivity contribution in [3.05, 3.63) is 80.4 Å². The maximum atomic E-state index is 2.59. The van der Waals surface area contributed by atoms with Gasteiger partial charge in [-0.05, 0) is 58.3 Å².